The Morgan fingerprint density at radius 3 is 2.37 bits per heavy atom. The molecular weight excluding hydrogens is 466 g/mol. The molecule has 3 heterocycles. The van der Waals surface area contributed by atoms with Gasteiger partial charge in [0.2, 0.25) is 15.9 Å². The van der Waals surface area contributed by atoms with Crippen molar-refractivity contribution in [2.45, 2.75) is 43.4 Å². The molecule has 0 radical (unpaired) electrons. The fourth-order valence-corrected chi connectivity index (χ4v) is 6.47. The molecule has 9 heteroatoms. The van der Waals surface area contributed by atoms with Gasteiger partial charge in [-0.05, 0) is 62.4 Å². The van der Waals surface area contributed by atoms with Gasteiger partial charge in [0, 0.05) is 56.0 Å². The van der Waals surface area contributed by atoms with Gasteiger partial charge in [-0.2, -0.15) is 4.31 Å². The molecule has 3 aliphatic heterocycles. The summed E-state index contributed by atoms with van der Waals surface area (Å²) in [7, 11) is -3.67. The molecule has 0 aromatic heterocycles. The molecular formula is C26H33N3O5S. The first-order chi connectivity index (χ1) is 17.0. The van der Waals surface area contributed by atoms with Crippen LogP contribution in [0.5, 0.6) is 11.5 Å². The number of fused-ring (bicyclic) bond motifs is 1. The molecule has 0 unspecified atom stereocenters. The number of sulfonamides is 1. The number of ether oxygens (including phenoxy) is 2. The van der Waals surface area contributed by atoms with Crippen molar-refractivity contribution in [3.8, 4) is 11.5 Å². The molecule has 2 fully saturated rings. The van der Waals surface area contributed by atoms with E-state index >= 15 is 0 Å². The number of piperidine rings is 2. The average Bonchev–Trinajstić information content (AvgIpc) is 3.14. The van der Waals surface area contributed by atoms with Gasteiger partial charge in [-0.25, -0.2) is 8.42 Å². The van der Waals surface area contributed by atoms with E-state index in [1.165, 1.54) is 23.6 Å². The van der Waals surface area contributed by atoms with E-state index in [9.17, 15) is 13.2 Å². The summed E-state index contributed by atoms with van der Waals surface area (Å²) in [6, 6.07) is 12.8. The molecule has 3 aliphatic rings. The second-order valence-corrected chi connectivity index (χ2v) is 11.4. The van der Waals surface area contributed by atoms with Gasteiger partial charge in [0.25, 0.3) is 0 Å². The number of carbonyl (C=O) groups excluding carboxylic acids is 1. The molecule has 8 nitrogen and oxygen atoms in total. The number of hydrogen-bond acceptors (Lipinski definition) is 6. The molecule has 2 saturated heterocycles. The minimum absolute atomic E-state index is 0.0478. The van der Waals surface area contributed by atoms with Crippen LogP contribution in [0.15, 0.2) is 47.4 Å². The van der Waals surface area contributed by atoms with Gasteiger partial charge in [0.15, 0.2) is 11.5 Å². The lowest BCUT2D eigenvalue weighted by molar-refractivity contribution is -0.120. The van der Waals surface area contributed by atoms with Crippen molar-refractivity contribution in [3.05, 3.63) is 42.5 Å². The topological polar surface area (TPSA) is 88.2 Å². The van der Waals surface area contributed by atoms with Gasteiger partial charge in [0.05, 0.1) is 18.1 Å². The molecule has 0 spiro atoms. The maximum atomic E-state index is 13.2. The summed E-state index contributed by atoms with van der Waals surface area (Å²) in [6.45, 7) is 3.77. The van der Waals surface area contributed by atoms with Crippen LogP contribution >= 0.6 is 0 Å². The Morgan fingerprint density at radius 2 is 1.60 bits per heavy atom. The van der Waals surface area contributed by atoms with Crippen LogP contribution in [-0.2, 0) is 14.8 Å². The largest absolute Gasteiger partial charge is 0.490 e. The van der Waals surface area contributed by atoms with E-state index in [0.717, 1.165) is 30.9 Å². The molecule has 5 rings (SSSR count). The summed E-state index contributed by atoms with van der Waals surface area (Å²) in [5.41, 5.74) is 1.93. The first-order valence-corrected chi connectivity index (χ1v) is 14.0. The molecule has 2 aromatic rings. The Morgan fingerprint density at radius 1 is 0.857 bits per heavy atom. The lowest BCUT2D eigenvalue weighted by Crippen LogP contribution is -2.41. The zero-order valence-corrected chi connectivity index (χ0v) is 20.8. The number of carbonyl (C=O) groups is 1. The third-order valence-corrected chi connectivity index (χ3v) is 8.91. The monoisotopic (exact) mass is 499 g/mol. The van der Waals surface area contributed by atoms with Crippen LogP contribution in [-0.4, -0.2) is 58.0 Å². The van der Waals surface area contributed by atoms with Crippen molar-refractivity contribution in [1.82, 2.24) is 4.31 Å². The van der Waals surface area contributed by atoms with E-state index in [2.05, 4.69) is 16.3 Å². The fourth-order valence-electron chi connectivity index (χ4n) is 4.99. The van der Waals surface area contributed by atoms with Crippen molar-refractivity contribution < 1.29 is 22.7 Å². The van der Waals surface area contributed by atoms with Crippen molar-refractivity contribution in [3.63, 3.8) is 0 Å². The number of benzene rings is 2. The molecule has 2 aromatic carbocycles. The van der Waals surface area contributed by atoms with Crippen LogP contribution in [0.2, 0.25) is 0 Å². The molecule has 188 valence electrons. The molecule has 0 bridgehead atoms. The summed E-state index contributed by atoms with van der Waals surface area (Å²) < 4.78 is 39.2. The third kappa shape index (κ3) is 5.41. The summed E-state index contributed by atoms with van der Waals surface area (Å²) in [5, 5.41) is 3.05. The van der Waals surface area contributed by atoms with E-state index < -0.39 is 10.0 Å². The smallest absolute Gasteiger partial charge is 0.243 e. The summed E-state index contributed by atoms with van der Waals surface area (Å²) in [4.78, 5) is 15.5. The van der Waals surface area contributed by atoms with Crippen LogP contribution in [0.3, 0.4) is 0 Å². The van der Waals surface area contributed by atoms with Gasteiger partial charge in [-0.1, -0.05) is 6.07 Å². The van der Waals surface area contributed by atoms with E-state index in [0.29, 0.717) is 50.6 Å². The maximum absolute atomic E-state index is 13.2. The third-order valence-electron chi connectivity index (χ3n) is 7.02. The van der Waals surface area contributed by atoms with E-state index in [-0.39, 0.29) is 16.7 Å². The molecule has 35 heavy (non-hydrogen) atoms. The number of nitrogens with zero attached hydrogens (tertiary/aromatic N) is 2. The highest BCUT2D eigenvalue weighted by Crippen LogP contribution is 2.34. The first kappa shape index (κ1) is 23.9. The SMILES string of the molecule is O=C(Nc1cccc(N2CCCCC2)c1)C1CCN(S(=O)(=O)c2ccc3c(c2)OCCCO3)CC1. The van der Waals surface area contributed by atoms with Gasteiger partial charge in [-0.3, -0.25) is 4.79 Å². The molecule has 0 atom stereocenters. The highest BCUT2D eigenvalue weighted by atomic mass is 32.2. The Hall–Kier alpha value is -2.78. The second-order valence-electron chi connectivity index (χ2n) is 9.42. The minimum Gasteiger partial charge on any atom is -0.490 e. The first-order valence-electron chi connectivity index (χ1n) is 12.6. The lowest BCUT2D eigenvalue weighted by atomic mass is 9.97. The molecule has 0 saturated carbocycles. The van der Waals surface area contributed by atoms with Crippen LogP contribution in [0, 0.1) is 5.92 Å². The number of nitrogens with one attached hydrogen (secondary N) is 1. The number of rotatable bonds is 5. The highest BCUT2D eigenvalue weighted by molar-refractivity contribution is 7.89. The molecule has 1 N–H and O–H groups in total. The zero-order valence-electron chi connectivity index (χ0n) is 19.9. The fraction of sp³-hybridized carbons (Fsp3) is 0.500. The van der Waals surface area contributed by atoms with Crippen LogP contribution in [0.4, 0.5) is 11.4 Å². The van der Waals surface area contributed by atoms with Crippen LogP contribution < -0.4 is 19.7 Å². The van der Waals surface area contributed by atoms with E-state index in [1.807, 2.05) is 18.2 Å². The van der Waals surface area contributed by atoms with Gasteiger partial charge in [-0.15, -0.1) is 0 Å². The summed E-state index contributed by atoms with van der Waals surface area (Å²) in [5.74, 6) is 0.767. The molecule has 1 amide bonds. The predicted molar refractivity (Wildman–Crippen MR) is 135 cm³/mol. The van der Waals surface area contributed by atoms with Crippen LogP contribution in [0.1, 0.15) is 38.5 Å². The van der Waals surface area contributed by atoms with Gasteiger partial charge >= 0.3 is 0 Å². The standard InChI is InChI=1S/C26H33N3O5S/c30-26(27-21-6-4-7-22(18-21)28-12-2-1-3-13-28)20-10-14-29(15-11-20)35(31,32)23-8-9-24-25(19-23)34-17-5-16-33-24/h4,6-9,18-20H,1-3,5,10-17H2,(H,27,30). The summed E-state index contributed by atoms with van der Waals surface area (Å²) in [6.07, 6.45) is 5.41. The van der Waals surface area contributed by atoms with Gasteiger partial charge in [0.1, 0.15) is 0 Å². The number of anilines is 2. The Kier molecular flexibility index (Phi) is 7.15. The lowest BCUT2D eigenvalue weighted by Gasteiger charge is -2.31. The zero-order chi connectivity index (χ0) is 24.3. The van der Waals surface area contributed by atoms with Crippen molar-refractivity contribution in [1.29, 1.82) is 0 Å². The van der Waals surface area contributed by atoms with Gasteiger partial charge < -0.3 is 19.7 Å². The van der Waals surface area contributed by atoms with E-state index in [4.69, 9.17) is 9.47 Å². The predicted octanol–water partition coefficient (Wildman–Crippen LogP) is 3.88. The number of hydrogen-bond donors (Lipinski definition) is 1. The summed E-state index contributed by atoms with van der Waals surface area (Å²) >= 11 is 0. The Bertz CT molecular complexity index is 1160. The van der Waals surface area contributed by atoms with Crippen molar-refractivity contribution >= 4 is 27.3 Å². The quantitative estimate of drug-likeness (QED) is 0.672. The van der Waals surface area contributed by atoms with Crippen molar-refractivity contribution in [2.24, 2.45) is 5.92 Å². The maximum Gasteiger partial charge on any atom is 0.243 e. The Labute approximate surface area is 207 Å². The Balaban J connectivity index is 1.19. The minimum atomic E-state index is -3.67. The second kappa shape index (κ2) is 10.5. The highest BCUT2D eigenvalue weighted by Gasteiger charge is 2.33. The normalized spacial score (nSPS) is 19.7. The van der Waals surface area contributed by atoms with E-state index in [1.54, 1.807) is 18.2 Å². The van der Waals surface area contributed by atoms with Crippen LogP contribution in [0.25, 0.3) is 0 Å². The number of amides is 1. The average molecular weight is 500 g/mol. The van der Waals surface area contributed by atoms with Crippen molar-refractivity contribution in [2.75, 3.05) is 49.6 Å². The molecule has 0 aliphatic carbocycles.